The largest absolute Gasteiger partial charge is 0.462 e. The molecule has 0 unspecified atom stereocenters. The average molecular weight is 425 g/mol. The molecule has 5 nitrogen and oxygen atoms in total. The molecule has 168 valence electrons. The number of hydrogen-bond acceptors (Lipinski definition) is 4. The number of nitrogens with zero attached hydrogens (tertiary/aromatic N) is 2. The number of aliphatic hydroxyl groups is 1. The van der Waals surface area contributed by atoms with Gasteiger partial charge in [0.05, 0.1) is 6.54 Å². The molecule has 4 rings (SSSR count). The number of carbonyl (C=O) groups excluding carboxylic acids is 1. The second-order valence-electron chi connectivity index (χ2n) is 9.30. The summed E-state index contributed by atoms with van der Waals surface area (Å²) in [6.07, 6.45) is 7.42. The minimum atomic E-state index is -0.0409. The predicted octanol–water partition coefficient (Wildman–Crippen LogP) is 4.25. The Balaban J connectivity index is 1.12. The molecule has 0 aliphatic carbocycles. The fourth-order valence-corrected chi connectivity index (χ4v) is 5.07. The molecule has 1 N–H and O–H groups in total. The standard InChI is InChI=1S/C26H36N2O3/c29-20-25-8-7-24(31-25)19-27-14-10-21(11-15-27)6-9-26(30)28-16-12-23(13-17-28)18-22-4-2-1-3-5-22/h1-5,7-8,21,23,29H,6,9-20H2. The van der Waals surface area contributed by atoms with Crippen molar-refractivity contribution in [2.45, 2.75) is 58.1 Å². The summed E-state index contributed by atoms with van der Waals surface area (Å²) < 4.78 is 5.61. The van der Waals surface area contributed by atoms with Gasteiger partial charge in [0.1, 0.15) is 18.1 Å². The lowest BCUT2D eigenvalue weighted by Crippen LogP contribution is -2.39. The molecule has 1 amide bonds. The summed E-state index contributed by atoms with van der Waals surface area (Å²) in [5, 5.41) is 9.12. The lowest BCUT2D eigenvalue weighted by molar-refractivity contribution is -0.133. The highest BCUT2D eigenvalue weighted by molar-refractivity contribution is 5.76. The topological polar surface area (TPSA) is 56.9 Å². The fourth-order valence-electron chi connectivity index (χ4n) is 5.07. The Bertz CT molecular complexity index is 803. The number of piperidine rings is 2. The molecular formula is C26H36N2O3. The Morgan fingerprint density at radius 1 is 0.903 bits per heavy atom. The fraction of sp³-hybridized carbons (Fsp3) is 0.577. The van der Waals surface area contributed by atoms with Crippen molar-refractivity contribution in [3.63, 3.8) is 0 Å². The maximum absolute atomic E-state index is 12.7. The first-order chi connectivity index (χ1) is 15.2. The number of amides is 1. The third-order valence-corrected chi connectivity index (χ3v) is 7.06. The molecule has 0 bridgehead atoms. The Kier molecular flexibility index (Phi) is 7.81. The zero-order chi connectivity index (χ0) is 21.5. The Morgan fingerprint density at radius 2 is 1.58 bits per heavy atom. The summed E-state index contributed by atoms with van der Waals surface area (Å²) in [5.41, 5.74) is 1.42. The van der Waals surface area contributed by atoms with Crippen molar-refractivity contribution in [3.8, 4) is 0 Å². The van der Waals surface area contributed by atoms with E-state index in [2.05, 4.69) is 40.1 Å². The number of rotatable bonds is 8. The van der Waals surface area contributed by atoms with Crippen LogP contribution in [-0.4, -0.2) is 47.0 Å². The predicted molar refractivity (Wildman–Crippen MR) is 121 cm³/mol. The number of likely N-dealkylation sites (tertiary alicyclic amines) is 2. The van der Waals surface area contributed by atoms with Gasteiger partial charge in [0.25, 0.3) is 0 Å². The highest BCUT2D eigenvalue weighted by atomic mass is 16.4. The van der Waals surface area contributed by atoms with E-state index in [1.165, 1.54) is 5.56 Å². The van der Waals surface area contributed by atoms with Crippen molar-refractivity contribution in [2.24, 2.45) is 11.8 Å². The molecule has 0 radical (unpaired) electrons. The van der Waals surface area contributed by atoms with E-state index in [1.807, 2.05) is 12.1 Å². The summed E-state index contributed by atoms with van der Waals surface area (Å²) in [5.74, 6) is 3.27. The van der Waals surface area contributed by atoms with Crippen LogP contribution in [-0.2, 0) is 24.4 Å². The van der Waals surface area contributed by atoms with Crippen LogP contribution in [0.1, 0.15) is 55.6 Å². The first kappa shape index (κ1) is 22.1. The molecule has 1 aromatic carbocycles. The van der Waals surface area contributed by atoms with Gasteiger partial charge in [-0.15, -0.1) is 0 Å². The van der Waals surface area contributed by atoms with Gasteiger partial charge in [0, 0.05) is 19.5 Å². The quantitative estimate of drug-likeness (QED) is 0.688. The van der Waals surface area contributed by atoms with E-state index in [0.717, 1.165) is 77.0 Å². The normalized spacial score (nSPS) is 19.1. The monoisotopic (exact) mass is 424 g/mol. The van der Waals surface area contributed by atoms with Crippen LogP contribution in [0, 0.1) is 11.8 Å². The van der Waals surface area contributed by atoms with Crippen molar-refractivity contribution in [1.82, 2.24) is 9.80 Å². The molecule has 0 spiro atoms. The first-order valence-corrected chi connectivity index (χ1v) is 11.9. The third-order valence-electron chi connectivity index (χ3n) is 7.06. The highest BCUT2D eigenvalue weighted by Crippen LogP contribution is 2.26. The summed E-state index contributed by atoms with van der Waals surface area (Å²) in [6.45, 7) is 4.73. The van der Waals surface area contributed by atoms with Gasteiger partial charge in [-0.2, -0.15) is 0 Å². The van der Waals surface area contributed by atoms with Crippen molar-refractivity contribution in [1.29, 1.82) is 0 Å². The van der Waals surface area contributed by atoms with Gasteiger partial charge < -0.3 is 14.4 Å². The molecule has 5 heteroatoms. The third kappa shape index (κ3) is 6.44. The summed E-state index contributed by atoms with van der Waals surface area (Å²) in [6, 6.07) is 14.5. The Labute approximate surface area is 186 Å². The Morgan fingerprint density at radius 3 is 2.26 bits per heavy atom. The van der Waals surface area contributed by atoms with E-state index in [4.69, 9.17) is 9.52 Å². The maximum Gasteiger partial charge on any atom is 0.222 e. The van der Waals surface area contributed by atoms with Crippen molar-refractivity contribution >= 4 is 5.91 Å². The molecule has 3 heterocycles. The number of benzene rings is 1. The lowest BCUT2D eigenvalue weighted by atomic mass is 9.89. The van der Waals surface area contributed by atoms with E-state index in [0.29, 0.717) is 29.9 Å². The second kappa shape index (κ2) is 11.0. The van der Waals surface area contributed by atoms with Gasteiger partial charge in [0.2, 0.25) is 5.91 Å². The van der Waals surface area contributed by atoms with E-state index < -0.39 is 0 Å². The second-order valence-corrected chi connectivity index (χ2v) is 9.30. The summed E-state index contributed by atoms with van der Waals surface area (Å²) >= 11 is 0. The average Bonchev–Trinajstić information content (AvgIpc) is 3.27. The molecule has 0 saturated carbocycles. The molecule has 31 heavy (non-hydrogen) atoms. The number of hydrogen-bond donors (Lipinski definition) is 1. The molecule has 1 aromatic heterocycles. The molecular weight excluding hydrogens is 388 g/mol. The molecule has 2 aliphatic heterocycles. The molecule has 2 fully saturated rings. The van der Waals surface area contributed by atoms with Crippen LogP contribution in [0.3, 0.4) is 0 Å². The molecule has 2 aliphatic rings. The highest BCUT2D eigenvalue weighted by Gasteiger charge is 2.25. The first-order valence-electron chi connectivity index (χ1n) is 11.9. The van der Waals surface area contributed by atoms with E-state index in [9.17, 15) is 4.79 Å². The van der Waals surface area contributed by atoms with Gasteiger partial charge in [-0.1, -0.05) is 30.3 Å². The molecule has 2 saturated heterocycles. The van der Waals surface area contributed by atoms with Crippen molar-refractivity contribution < 1.29 is 14.3 Å². The van der Waals surface area contributed by atoms with Gasteiger partial charge >= 0.3 is 0 Å². The van der Waals surface area contributed by atoms with Crippen LogP contribution < -0.4 is 0 Å². The van der Waals surface area contributed by atoms with Crippen molar-refractivity contribution in [3.05, 3.63) is 59.5 Å². The van der Waals surface area contributed by atoms with Gasteiger partial charge in [-0.05, 0) is 81.1 Å². The number of aliphatic hydroxyl groups excluding tert-OH is 1. The maximum atomic E-state index is 12.7. The van der Waals surface area contributed by atoms with Gasteiger partial charge in [0.15, 0.2) is 0 Å². The molecule has 2 aromatic rings. The van der Waals surface area contributed by atoms with E-state index >= 15 is 0 Å². The number of furan rings is 1. The van der Waals surface area contributed by atoms with Crippen LogP contribution in [0.5, 0.6) is 0 Å². The zero-order valence-electron chi connectivity index (χ0n) is 18.5. The van der Waals surface area contributed by atoms with Gasteiger partial charge in [-0.25, -0.2) is 0 Å². The van der Waals surface area contributed by atoms with Gasteiger partial charge in [-0.3, -0.25) is 9.69 Å². The minimum absolute atomic E-state index is 0.0409. The van der Waals surface area contributed by atoms with Crippen LogP contribution in [0.15, 0.2) is 46.9 Å². The zero-order valence-corrected chi connectivity index (χ0v) is 18.5. The summed E-state index contributed by atoms with van der Waals surface area (Å²) in [7, 11) is 0. The SMILES string of the molecule is O=C(CCC1CCN(Cc2ccc(CO)o2)CC1)N1CCC(Cc2ccccc2)CC1. The van der Waals surface area contributed by atoms with E-state index in [1.54, 1.807) is 0 Å². The van der Waals surface area contributed by atoms with Crippen LogP contribution in [0.2, 0.25) is 0 Å². The van der Waals surface area contributed by atoms with Crippen LogP contribution >= 0.6 is 0 Å². The smallest absolute Gasteiger partial charge is 0.222 e. The summed E-state index contributed by atoms with van der Waals surface area (Å²) in [4.78, 5) is 17.2. The van der Waals surface area contributed by atoms with Crippen LogP contribution in [0.25, 0.3) is 0 Å². The minimum Gasteiger partial charge on any atom is -0.462 e. The Hall–Kier alpha value is -2.11. The van der Waals surface area contributed by atoms with E-state index in [-0.39, 0.29) is 6.61 Å². The van der Waals surface area contributed by atoms with Crippen LogP contribution in [0.4, 0.5) is 0 Å². The lowest BCUT2D eigenvalue weighted by Gasteiger charge is -2.34. The number of carbonyl (C=O) groups is 1. The molecule has 0 atom stereocenters. The van der Waals surface area contributed by atoms with Crippen molar-refractivity contribution in [2.75, 3.05) is 26.2 Å².